The van der Waals surface area contributed by atoms with Crippen LogP contribution < -0.4 is 0 Å². The third-order valence-corrected chi connectivity index (χ3v) is 5.87. The monoisotopic (exact) mass is 429 g/mol. The Morgan fingerprint density at radius 1 is 1.15 bits per heavy atom. The van der Waals surface area contributed by atoms with Crippen LogP contribution in [0.4, 0.5) is 0 Å². The number of ether oxygens (including phenoxy) is 1. The number of pyridine rings is 1. The van der Waals surface area contributed by atoms with Crippen LogP contribution in [0.5, 0.6) is 0 Å². The number of hydrogen-bond donors (Lipinski definition) is 0. The first kappa shape index (κ1) is 18.6. The number of rotatable bonds is 5. The summed E-state index contributed by atoms with van der Waals surface area (Å²) < 4.78 is 6.39. The van der Waals surface area contributed by atoms with E-state index in [0.717, 1.165) is 50.2 Å². The maximum Gasteiger partial charge on any atom is 0.255 e. The topological polar surface area (TPSA) is 45.7 Å². The Morgan fingerprint density at radius 3 is 2.59 bits per heavy atom. The van der Waals surface area contributed by atoms with Crippen molar-refractivity contribution in [3.8, 4) is 0 Å². The van der Waals surface area contributed by atoms with Crippen molar-refractivity contribution < 1.29 is 9.53 Å². The normalized spacial score (nSPS) is 18.5. The fraction of sp³-hybridized carbons (Fsp3) is 0.429. The number of carbonyl (C=O) groups is 1. The average Bonchev–Trinajstić information content (AvgIpc) is 2.67. The number of halogens is 1. The van der Waals surface area contributed by atoms with Gasteiger partial charge in [-0.15, -0.1) is 0 Å². The Bertz CT molecular complexity index is 774. The fourth-order valence-corrected chi connectivity index (χ4v) is 4.27. The van der Waals surface area contributed by atoms with Gasteiger partial charge in [0.25, 0.3) is 5.91 Å². The van der Waals surface area contributed by atoms with E-state index in [-0.39, 0.29) is 5.91 Å². The van der Waals surface area contributed by atoms with E-state index in [4.69, 9.17) is 4.74 Å². The van der Waals surface area contributed by atoms with E-state index in [1.54, 1.807) is 12.4 Å². The Labute approximate surface area is 168 Å². The first-order valence-electron chi connectivity index (χ1n) is 9.48. The number of benzene rings is 1. The van der Waals surface area contributed by atoms with E-state index in [1.807, 2.05) is 11.0 Å². The highest BCUT2D eigenvalue weighted by molar-refractivity contribution is 9.10. The van der Waals surface area contributed by atoms with Crippen LogP contribution in [-0.2, 0) is 11.3 Å². The lowest BCUT2D eigenvalue weighted by Gasteiger charge is -2.49. The molecule has 2 saturated heterocycles. The minimum Gasteiger partial charge on any atom is -0.381 e. The van der Waals surface area contributed by atoms with Gasteiger partial charge in [0.2, 0.25) is 0 Å². The second-order valence-electron chi connectivity index (χ2n) is 7.26. The molecule has 1 amide bonds. The summed E-state index contributed by atoms with van der Waals surface area (Å²) in [5, 5.41) is 0. The van der Waals surface area contributed by atoms with E-state index < -0.39 is 0 Å². The van der Waals surface area contributed by atoms with Crippen molar-refractivity contribution in [2.45, 2.75) is 31.5 Å². The smallest absolute Gasteiger partial charge is 0.255 e. The zero-order valence-electron chi connectivity index (χ0n) is 15.3. The van der Waals surface area contributed by atoms with Gasteiger partial charge in [-0.3, -0.25) is 14.7 Å². The molecule has 142 valence electrons. The zero-order valence-corrected chi connectivity index (χ0v) is 16.8. The predicted molar refractivity (Wildman–Crippen MR) is 107 cm³/mol. The maximum atomic E-state index is 12.7. The maximum absolute atomic E-state index is 12.7. The van der Waals surface area contributed by atoms with Crippen molar-refractivity contribution in [3.63, 3.8) is 0 Å². The van der Waals surface area contributed by atoms with Gasteiger partial charge in [-0.25, -0.2) is 0 Å². The molecule has 4 rings (SSSR count). The van der Waals surface area contributed by atoms with Crippen LogP contribution in [0, 0.1) is 0 Å². The van der Waals surface area contributed by atoms with Gasteiger partial charge in [-0.05, 0) is 40.4 Å². The summed E-state index contributed by atoms with van der Waals surface area (Å²) in [6.45, 7) is 4.13. The van der Waals surface area contributed by atoms with Gasteiger partial charge in [0.05, 0.1) is 5.56 Å². The Kier molecular flexibility index (Phi) is 5.86. The Balaban J connectivity index is 1.43. The highest BCUT2D eigenvalue weighted by atomic mass is 79.9. The van der Waals surface area contributed by atoms with Crippen molar-refractivity contribution in [3.05, 3.63) is 64.4 Å². The highest BCUT2D eigenvalue weighted by Gasteiger charge is 2.38. The van der Waals surface area contributed by atoms with Gasteiger partial charge in [-0.2, -0.15) is 0 Å². The summed E-state index contributed by atoms with van der Waals surface area (Å²) in [6, 6.07) is 13.4. The van der Waals surface area contributed by atoms with E-state index in [9.17, 15) is 4.79 Å². The van der Waals surface area contributed by atoms with Crippen LogP contribution in [0.15, 0.2) is 53.3 Å². The quantitative estimate of drug-likeness (QED) is 0.730. The van der Waals surface area contributed by atoms with Crippen LogP contribution in [0.1, 0.15) is 28.8 Å². The van der Waals surface area contributed by atoms with Crippen LogP contribution in [0.25, 0.3) is 0 Å². The van der Waals surface area contributed by atoms with Crippen molar-refractivity contribution in [1.29, 1.82) is 0 Å². The molecular formula is C21H24BrN3O2. The Morgan fingerprint density at radius 2 is 1.89 bits per heavy atom. The first-order chi connectivity index (χ1) is 13.2. The largest absolute Gasteiger partial charge is 0.381 e. The predicted octanol–water partition coefficient (Wildman–Crippen LogP) is 3.35. The number of hydrogen-bond acceptors (Lipinski definition) is 4. The minimum absolute atomic E-state index is 0.0617. The second-order valence-corrected chi connectivity index (χ2v) is 8.17. The van der Waals surface area contributed by atoms with Crippen molar-refractivity contribution in [2.75, 3.05) is 26.3 Å². The van der Waals surface area contributed by atoms with Crippen LogP contribution >= 0.6 is 15.9 Å². The summed E-state index contributed by atoms with van der Waals surface area (Å²) in [5.74, 6) is 0.0617. The molecule has 3 heterocycles. The van der Waals surface area contributed by atoms with Crippen molar-refractivity contribution in [2.24, 2.45) is 0 Å². The molecule has 2 aliphatic heterocycles. The van der Waals surface area contributed by atoms with Crippen LogP contribution in [0.2, 0.25) is 0 Å². The molecule has 6 heteroatoms. The fourth-order valence-electron chi connectivity index (χ4n) is 3.91. The molecule has 2 fully saturated rings. The van der Waals surface area contributed by atoms with Gasteiger partial charge in [0.15, 0.2) is 0 Å². The lowest BCUT2D eigenvalue weighted by molar-refractivity contribution is -0.0289. The van der Waals surface area contributed by atoms with Crippen molar-refractivity contribution in [1.82, 2.24) is 14.8 Å². The molecule has 0 unspecified atom stereocenters. The van der Waals surface area contributed by atoms with Gasteiger partial charge in [-0.1, -0.05) is 30.3 Å². The van der Waals surface area contributed by atoms with Crippen LogP contribution in [0.3, 0.4) is 0 Å². The molecule has 27 heavy (non-hydrogen) atoms. The molecule has 2 aliphatic rings. The molecule has 1 aromatic heterocycles. The summed E-state index contributed by atoms with van der Waals surface area (Å²) in [6.07, 6.45) is 5.46. The van der Waals surface area contributed by atoms with E-state index in [0.29, 0.717) is 17.6 Å². The van der Waals surface area contributed by atoms with Crippen molar-refractivity contribution >= 4 is 21.8 Å². The minimum atomic E-state index is 0.0617. The van der Waals surface area contributed by atoms with E-state index in [2.05, 4.69) is 56.1 Å². The molecule has 0 radical (unpaired) electrons. The third kappa shape index (κ3) is 4.39. The molecule has 0 saturated carbocycles. The molecule has 2 aromatic rings. The van der Waals surface area contributed by atoms with Gasteiger partial charge in [0.1, 0.15) is 0 Å². The molecule has 0 spiro atoms. The SMILES string of the molecule is O=C(c1cncc(Br)c1)N1CC(N(Cc2ccccc2)C2CCOCC2)C1. The Hall–Kier alpha value is -1.76. The van der Waals surface area contributed by atoms with Gasteiger partial charge >= 0.3 is 0 Å². The number of carbonyl (C=O) groups excluding carboxylic acids is 1. The molecule has 0 aliphatic carbocycles. The molecule has 5 nitrogen and oxygen atoms in total. The lowest BCUT2D eigenvalue weighted by atomic mass is 9.98. The molecule has 0 bridgehead atoms. The lowest BCUT2D eigenvalue weighted by Crippen LogP contribution is -2.63. The number of amides is 1. The molecule has 1 aromatic carbocycles. The van der Waals surface area contributed by atoms with E-state index >= 15 is 0 Å². The first-order valence-corrected chi connectivity index (χ1v) is 10.3. The number of aromatic nitrogens is 1. The van der Waals surface area contributed by atoms with Gasteiger partial charge < -0.3 is 9.64 Å². The number of nitrogens with zero attached hydrogens (tertiary/aromatic N) is 3. The summed E-state index contributed by atoms with van der Waals surface area (Å²) in [7, 11) is 0. The molecule has 0 atom stereocenters. The molecular weight excluding hydrogens is 406 g/mol. The average molecular weight is 430 g/mol. The standard InChI is InChI=1S/C21H24BrN3O2/c22-18-10-17(11-23-12-18)21(26)24-14-20(15-24)25(19-6-8-27-9-7-19)13-16-4-2-1-3-5-16/h1-5,10-12,19-20H,6-9,13-15H2. The summed E-state index contributed by atoms with van der Waals surface area (Å²) in [4.78, 5) is 21.3. The highest BCUT2D eigenvalue weighted by Crippen LogP contribution is 2.26. The van der Waals surface area contributed by atoms with Gasteiger partial charge in [0, 0.05) is 61.8 Å². The number of likely N-dealkylation sites (tertiary alicyclic amines) is 1. The summed E-state index contributed by atoms with van der Waals surface area (Å²) >= 11 is 3.39. The van der Waals surface area contributed by atoms with Crippen LogP contribution in [-0.4, -0.2) is 59.1 Å². The zero-order chi connectivity index (χ0) is 18.6. The summed E-state index contributed by atoms with van der Waals surface area (Å²) in [5.41, 5.74) is 1.97. The second kappa shape index (κ2) is 8.50. The van der Waals surface area contributed by atoms with E-state index in [1.165, 1.54) is 5.56 Å². The third-order valence-electron chi connectivity index (χ3n) is 5.44. The molecule has 0 N–H and O–H groups in total.